The lowest BCUT2D eigenvalue weighted by Crippen LogP contribution is -2.30. The second-order valence-corrected chi connectivity index (χ2v) is 19.1. The van der Waals surface area contributed by atoms with Gasteiger partial charge in [-0.2, -0.15) is 9.97 Å². The third-order valence-electron chi connectivity index (χ3n) is 14.7. The Morgan fingerprint density at radius 3 is 1.68 bits per heavy atom. The monoisotopic (exact) mass is 964 g/mol. The van der Waals surface area contributed by atoms with Crippen LogP contribution in [0.1, 0.15) is 11.1 Å². The van der Waals surface area contributed by atoms with Crippen LogP contribution >= 0.6 is 0 Å². The van der Waals surface area contributed by atoms with Crippen molar-refractivity contribution in [2.45, 2.75) is 6.42 Å². The van der Waals surface area contributed by atoms with Gasteiger partial charge < -0.3 is 9.47 Å². The van der Waals surface area contributed by atoms with E-state index in [2.05, 4.69) is 250 Å². The third-order valence-corrected chi connectivity index (χ3v) is 14.7. The zero-order chi connectivity index (χ0) is 50.0. The molecule has 13 aromatic rings. The van der Waals surface area contributed by atoms with E-state index in [1.54, 1.807) is 0 Å². The van der Waals surface area contributed by atoms with Crippen LogP contribution in [0.15, 0.2) is 243 Å². The van der Waals surface area contributed by atoms with Crippen LogP contribution in [-0.4, -0.2) is 24.1 Å². The highest BCUT2D eigenvalue weighted by Gasteiger charge is 2.28. The molecule has 0 aliphatic carbocycles. The number of aryl methyl sites for hydroxylation is 2. The molecule has 0 saturated heterocycles. The predicted octanol–water partition coefficient (Wildman–Crippen LogP) is 14.6. The first-order valence-electron chi connectivity index (χ1n) is 25.4. The molecule has 8 aromatic carbocycles. The van der Waals surface area contributed by atoms with E-state index in [4.69, 9.17) is 15.0 Å². The summed E-state index contributed by atoms with van der Waals surface area (Å²) < 4.78 is 9.04. The van der Waals surface area contributed by atoms with Gasteiger partial charge in [-0.25, -0.2) is 14.1 Å². The van der Waals surface area contributed by atoms with Crippen molar-refractivity contribution >= 4 is 66.7 Å². The third kappa shape index (κ3) is 7.34. The van der Waals surface area contributed by atoms with Crippen LogP contribution in [-0.2, 0) is 20.5 Å². The number of pyridine rings is 2. The van der Waals surface area contributed by atoms with Crippen LogP contribution in [0.5, 0.6) is 0 Å². The Morgan fingerprint density at radius 2 is 0.987 bits per heavy atom. The van der Waals surface area contributed by atoms with Gasteiger partial charge in [-0.15, -0.1) is 5.73 Å². The van der Waals surface area contributed by atoms with E-state index in [9.17, 15) is 0 Å². The lowest BCUT2D eigenvalue weighted by atomic mass is 9.96. The fourth-order valence-corrected chi connectivity index (χ4v) is 11.3. The second kappa shape index (κ2) is 17.9. The molecule has 5 aromatic heterocycles. The van der Waals surface area contributed by atoms with Crippen molar-refractivity contribution in [3.8, 4) is 56.9 Å². The molecule has 0 amide bonds. The average Bonchev–Trinajstić information content (AvgIpc) is 4.08. The number of para-hydroxylation sites is 2. The molecule has 0 atom stereocenters. The first-order valence-corrected chi connectivity index (χ1v) is 25.4. The van der Waals surface area contributed by atoms with Crippen LogP contribution < -0.4 is 14.0 Å². The van der Waals surface area contributed by atoms with Gasteiger partial charge in [0.05, 0.1) is 44.6 Å². The number of nitrogens with zero attached hydrogens (tertiary/aromatic N) is 8. The lowest BCUT2D eigenvalue weighted by molar-refractivity contribution is -0.660. The van der Waals surface area contributed by atoms with E-state index in [1.807, 2.05) is 36.4 Å². The Balaban J connectivity index is 1.10. The van der Waals surface area contributed by atoms with Gasteiger partial charge in [0.15, 0.2) is 24.0 Å². The van der Waals surface area contributed by atoms with Crippen LogP contribution in [0.2, 0.25) is 0 Å². The fourth-order valence-electron chi connectivity index (χ4n) is 11.3. The van der Waals surface area contributed by atoms with Crippen LogP contribution in [0.3, 0.4) is 0 Å². The smallest absolute Gasteiger partial charge is 0.238 e. The molecule has 14 rings (SSSR count). The van der Waals surface area contributed by atoms with Gasteiger partial charge in [-0.3, -0.25) is 4.57 Å². The van der Waals surface area contributed by atoms with Gasteiger partial charge >= 0.3 is 0 Å². The summed E-state index contributed by atoms with van der Waals surface area (Å²) in [5, 5.41) is 4.43. The number of hydrogen-bond acceptors (Lipinski definition) is 4. The number of allylic oxidation sites excluding steroid dienone is 1. The van der Waals surface area contributed by atoms with Gasteiger partial charge in [0.1, 0.15) is 14.1 Å². The largest absolute Gasteiger partial charge is 0.310 e. The highest BCUT2D eigenvalue weighted by molar-refractivity contribution is 6.19. The molecule has 1 aliphatic rings. The summed E-state index contributed by atoms with van der Waals surface area (Å²) in [6.45, 7) is 0. The van der Waals surface area contributed by atoms with Crippen molar-refractivity contribution in [2.75, 3.05) is 4.90 Å². The molecule has 0 fully saturated rings. The molecule has 0 bridgehead atoms. The molecule has 75 heavy (non-hydrogen) atoms. The Morgan fingerprint density at radius 1 is 0.427 bits per heavy atom. The summed E-state index contributed by atoms with van der Waals surface area (Å²) in [7, 11) is 4.23. The lowest BCUT2D eigenvalue weighted by Gasteiger charge is -2.30. The number of anilines is 3. The number of fused-ring (bicyclic) bond motifs is 8. The summed E-state index contributed by atoms with van der Waals surface area (Å²) in [6, 6.07) is 77.6. The van der Waals surface area contributed by atoms with Gasteiger partial charge in [-0.05, 0) is 103 Å². The highest BCUT2D eigenvalue weighted by Crippen LogP contribution is 2.47. The molecule has 8 nitrogen and oxygen atoms in total. The predicted molar refractivity (Wildman–Crippen MR) is 304 cm³/mol. The molecule has 0 radical (unpaired) electrons. The SMILES string of the molecule is C[n+]1ccccc1-c1cccc2c1C=C=CCc1c(-c3cccc[n+]3C)cccc1N2c1ccc2c(c1)c1cc3c(cc1n2-c1nc(-c2ccccc2)nc(-c2ccccc2)n1)c1ccccc1n3-c1ccccc1. The van der Waals surface area contributed by atoms with Crippen molar-refractivity contribution in [3.63, 3.8) is 0 Å². The maximum absolute atomic E-state index is 5.37. The van der Waals surface area contributed by atoms with Crippen molar-refractivity contribution in [1.82, 2.24) is 24.1 Å². The number of benzene rings is 8. The Hall–Kier alpha value is -10.0. The zero-order valence-corrected chi connectivity index (χ0v) is 41.4. The molecular formula is C67H48N8+2. The van der Waals surface area contributed by atoms with E-state index in [1.165, 1.54) is 11.1 Å². The van der Waals surface area contributed by atoms with Crippen molar-refractivity contribution < 1.29 is 9.13 Å². The minimum absolute atomic E-state index is 0.539. The van der Waals surface area contributed by atoms with E-state index in [0.29, 0.717) is 24.0 Å². The molecule has 6 heterocycles. The Bertz CT molecular complexity index is 4390. The standard InChI is InChI=1S/C67H48N8/c1-71-40-18-16-33-57(71)49-31-20-36-60-51(49)28-12-13-29-52-50(58-34-17-19-41-72(58)2)32-21-37-61(52)74(60)48-38-39-62-54(42-48)56-44-63-55(53-30-14-15-35-59(53)73(63)47-26-10-5-11-27-47)43-64(56)75(62)67-69-65(45-22-6-3-7-23-45)68-66(70-67)46-24-8-4-9-25-46/h3-12,14-27,29-44H,28H2,1-2H3/q+2. The summed E-state index contributed by atoms with van der Waals surface area (Å²) in [5.41, 5.74) is 20.7. The maximum atomic E-state index is 5.37. The minimum Gasteiger partial charge on any atom is -0.310 e. The molecule has 0 spiro atoms. The number of rotatable bonds is 7. The maximum Gasteiger partial charge on any atom is 0.238 e. The fraction of sp³-hybridized carbons (Fsp3) is 0.0448. The Labute approximate surface area is 434 Å². The molecule has 1 aliphatic heterocycles. The first-order chi connectivity index (χ1) is 37.1. The van der Waals surface area contributed by atoms with E-state index in [-0.39, 0.29) is 0 Å². The van der Waals surface area contributed by atoms with E-state index < -0.39 is 0 Å². The van der Waals surface area contributed by atoms with Crippen LogP contribution in [0, 0.1) is 0 Å². The zero-order valence-electron chi connectivity index (χ0n) is 41.4. The molecule has 0 N–H and O–H groups in total. The van der Waals surface area contributed by atoms with Crippen molar-refractivity contribution in [1.29, 1.82) is 0 Å². The van der Waals surface area contributed by atoms with Gasteiger partial charge in [0, 0.05) is 80.3 Å². The summed E-state index contributed by atoms with van der Waals surface area (Å²) in [4.78, 5) is 18.3. The normalized spacial score (nSPS) is 12.3. The molecule has 354 valence electrons. The van der Waals surface area contributed by atoms with E-state index in [0.717, 1.165) is 100 Å². The van der Waals surface area contributed by atoms with Crippen LogP contribution in [0.4, 0.5) is 17.1 Å². The summed E-state index contributed by atoms with van der Waals surface area (Å²) in [5.74, 6) is 1.74. The Kier molecular flexibility index (Phi) is 10.5. The molecule has 0 unspecified atom stereocenters. The summed E-state index contributed by atoms with van der Waals surface area (Å²) in [6.07, 6.45) is 9.24. The number of hydrogen-bond donors (Lipinski definition) is 0. The minimum atomic E-state index is 0.539. The second-order valence-electron chi connectivity index (χ2n) is 19.1. The molecular weight excluding hydrogens is 917 g/mol. The van der Waals surface area contributed by atoms with Crippen molar-refractivity contribution in [3.05, 3.63) is 254 Å². The van der Waals surface area contributed by atoms with Gasteiger partial charge in [0.25, 0.3) is 0 Å². The topological polar surface area (TPSA) is 59.5 Å². The molecule has 8 heteroatoms. The van der Waals surface area contributed by atoms with Gasteiger partial charge in [-0.1, -0.05) is 109 Å². The molecule has 0 saturated carbocycles. The highest BCUT2D eigenvalue weighted by atomic mass is 15.2. The number of aromatic nitrogens is 7. The van der Waals surface area contributed by atoms with Crippen LogP contribution in [0.25, 0.3) is 107 Å². The summed E-state index contributed by atoms with van der Waals surface area (Å²) >= 11 is 0. The first kappa shape index (κ1) is 43.8. The van der Waals surface area contributed by atoms with E-state index >= 15 is 0 Å². The quantitative estimate of drug-likeness (QED) is 0.118. The van der Waals surface area contributed by atoms with Crippen molar-refractivity contribution in [2.24, 2.45) is 14.1 Å². The van der Waals surface area contributed by atoms with Gasteiger partial charge in [0.2, 0.25) is 17.3 Å². The average molecular weight is 965 g/mol.